The van der Waals surface area contributed by atoms with Gasteiger partial charge >= 0.3 is 11.8 Å². The first kappa shape index (κ1) is 20.2. The number of amides is 1. The number of aromatic nitrogens is 3. The average molecular weight is 427 g/mol. The van der Waals surface area contributed by atoms with E-state index in [1.165, 1.54) is 10.4 Å². The molecule has 30 heavy (non-hydrogen) atoms. The van der Waals surface area contributed by atoms with E-state index in [1.54, 1.807) is 43.5 Å². The van der Waals surface area contributed by atoms with Gasteiger partial charge in [0.2, 0.25) is 15.8 Å². The number of hydrogen-bond acceptors (Lipinski definition) is 7. The largest absolute Gasteiger partial charge is 0.328 e. The number of hydrogen-bond donors (Lipinski definition) is 1. The number of nitrogens with one attached hydrogen (secondary N) is 1. The van der Waals surface area contributed by atoms with Crippen molar-refractivity contribution in [2.75, 3.05) is 18.4 Å². The van der Waals surface area contributed by atoms with Gasteiger partial charge in [0, 0.05) is 24.8 Å². The quantitative estimate of drug-likeness (QED) is 0.665. The number of piperidine rings is 1. The van der Waals surface area contributed by atoms with Gasteiger partial charge in [0.15, 0.2) is 0 Å². The van der Waals surface area contributed by atoms with Crippen molar-refractivity contribution in [2.24, 2.45) is 0 Å². The topological polar surface area (TPSA) is 118 Å². The molecule has 0 spiro atoms. The zero-order valence-electron chi connectivity index (χ0n) is 16.4. The van der Waals surface area contributed by atoms with Crippen molar-refractivity contribution in [1.82, 2.24) is 19.4 Å². The number of sulfonamides is 1. The number of pyridine rings is 1. The number of rotatable bonds is 5. The minimum atomic E-state index is -3.61. The first-order chi connectivity index (χ1) is 14.4. The third kappa shape index (κ3) is 4.10. The Kier molecular flexibility index (Phi) is 5.60. The Bertz CT molecular complexity index is 1150. The Hall–Kier alpha value is -3.11. The van der Waals surface area contributed by atoms with Gasteiger partial charge in [-0.1, -0.05) is 29.8 Å². The van der Waals surface area contributed by atoms with Gasteiger partial charge in [-0.05, 0) is 43.5 Å². The van der Waals surface area contributed by atoms with E-state index >= 15 is 0 Å². The van der Waals surface area contributed by atoms with Crippen LogP contribution in [-0.4, -0.2) is 46.8 Å². The highest BCUT2D eigenvalue weighted by molar-refractivity contribution is 7.89. The fourth-order valence-corrected chi connectivity index (χ4v) is 5.07. The van der Waals surface area contributed by atoms with Crippen LogP contribution in [0.2, 0.25) is 0 Å². The van der Waals surface area contributed by atoms with E-state index in [9.17, 15) is 13.2 Å². The molecule has 1 aromatic carbocycles. The summed E-state index contributed by atoms with van der Waals surface area (Å²) in [6.45, 7) is 2.79. The lowest BCUT2D eigenvalue weighted by molar-refractivity contribution is 0.0981. The molecule has 3 heterocycles. The summed E-state index contributed by atoms with van der Waals surface area (Å²) < 4.78 is 32.8. The fourth-order valence-electron chi connectivity index (χ4n) is 3.30. The Morgan fingerprint density at radius 2 is 1.93 bits per heavy atom. The van der Waals surface area contributed by atoms with Crippen LogP contribution in [-0.2, 0) is 10.0 Å². The van der Waals surface area contributed by atoms with Crippen molar-refractivity contribution in [3.63, 3.8) is 0 Å². The van der Waals surface area contributed by atoms with Crippen molar-refractivity contribution in [2.45, 2.75) is 31.1 Å². The number of carbonyl (C=O) groups is 1. The number of nitrogens with zero attached hydrogens (tertiary/aromatic N) is 4. The third-order valence-corrected chi connectivity index (χ3v) is 6.95. The predicted molar refractivity (Wildman–Crippen MR) is 109 cm³/mol. The molecule has 2 aromatic heterocycles. The minimum absolute atomic E-state index is 0.135. The highest BCUT2D eigenvalue weighted by atomic mass is 32.2. The number of anilines is 1. The average Bonchev–Trinajstić information content (AvgIpc) is 3.26. The summed E-state index contributed by atoms with van der Waals surface area (Å²) in [4.78, 5) is 20.6. The summed E-state index contributed by atoms with van der Waals surface area (Å²) in [6, 6.07) is 10.0. The van der Waals surface area contributed by atoms with Gasteiger partial charge in [-0.3, -0.25) is 4.79 Å². The molecular formula is C20H21N5O4S. The maximum Gasteiger partial charge on any atom is 0.316 e. The van der Waals surface area contributed by atoms with E-state index in [2.05, 4.69) is 20.4 Å². The molecule has 10 heteroatoms. The van der Waals surface area contributed by atoms with Crippen LogP contribution >= 0.6 is 0 Å². The molecule has 1 aliphatic heterocycles. The lowest BCUT2D eigenvalue weighted by Gasteiger charge is -2.26. The zero-order valence-corrected chi connectivity index (χ0v) is 17.2. The molecule has 0 bridgehead atoms. The molecule has 0 saturated carbocycles. The van der Waals surface area contributed by atoms with Crippen LogP contribution in [0.3, 0.4) is 0 Å². The molecule has 1 amide bonds. The van der Waals surface area contributed by atoms with Gasteiger partial charge in [-0.15, -0.1) is 0 Å². The van der Waals surface area contributed by atoms with Crippen molar-refractivity contribution in [3.05, 3.63) is 54.0 Å². The van der Waals surface area contributed by atoms with Crippen LogP contribution in [0.15, 0.2) is 52.0 Å². The summed E-state index contributed by atoms with van der Waals surface area (Å²) >= 11 is 0. The van der Waals surface area contributed by atoms with E-state index in [1.807, 2.05) is 0 Å². The van der Waals surface area contributed by atoms with E-state index in [0.29, 0.717) is 30.0 Å². The number of carbonyl (C=O) groups excluding carboxylic acids is 1. The second kappa shape index (κ2) is 8.33. The highest BCUT2D eigenvalue weighted by Gasteiger charge is 2.28. The first-order valence-electron chi connectivity index (χ1n) is 9.62. The summed E-state index contributed by atoms with van der Waals surface area (Å²) in [5.74, 6) is -0.346. The molecule has 3 aromatic rings. The molecule has 1 N–H and O–H groups in total. The molecule has 0 atom stereocenters. The molecule has 0 unspecified atom stereocenters. The SMILES string of the molecule is Cc1ccc(-c2noc(C(=O)Nc3ccccn3)n2)cc1S(=O)(=O)N1CCCCC1. The van der Waals surface area contributed by atoms with Gasteiger partial charge in [-0.25, -0.2) is 13.4 Å². The number of benzene rings is 1. The van der Waals surface area contributed by atoms with E-state index in [4.69, 9.17) is 4.52 Å². The summed E-state index contributed by atoms with van der Waals surface area (Å²) in [6.07, 6.45) is 4.30. The summed E-state index contributed by atoms with van der Waals surface area (Å²) in [5, 5.41) is 6.40. The van der Waals surface area contributed by atoms with Crippen LogP contribution < -0.4 is 5.32 Å². The van der Waals surface area contributed by atoms with Crippen molar-refractivity contribution in [1.29, 1.82) is 0 Å². The third-order valence-electron chi connectivity index (χ3n) is 4.91. The maximum absolute atomic E-state index is 13.1. The Morgan fingerprint density at radius 3 is 2.67 bits per heavy atom. The van der Waals surface area contributed by atoms with E-state index in [-0.39, 0.29) is 16.6 Å². The summed E-state index contributed by atoms with van der Waals surface area (Å²) in [5.41, 5.74) is 1.10. The zero-order chi connectivity index (χ0) is 21.1. The molecule has 1 fully saturated rings. The summed E-state index contributed by atoms with van der Waals surface area (Å²) in [7, 11) is -3.61. The Labute approximate surface area is 174 Å². The van der Waals surface area contributed by atoms with Crippen LogP contribution in [0.1, 0.15) is 35.5 Å². The lowest BCUT2D eigenvalue weighted by atomic mass is 10.1. The van der Waals surface area contributed by atoms with Crippen molar-refractivity contribution in [3.8, 4) is 11.4 Å². The standard InChI is InChI=1S/C20H21N5O4S/c1-14-8-9-15(13-16(14)30(27,28)25-11-5-2-6-12-25)18-23-20(29-24-18)19(26)22-17-7-3-4-10-21-17/h3-4,7-10,13H,2,5-6,11-12H2,1H3,(H,21,22,26). The number of aryl methyl sites for hydroxylation is 1. The van der Waals surface area contributed by atoms with Gasteiger partial charge in [0.25, 0.3) is 0 Å². The molecule has 0 radical (unpaired) electrons. The smallest absolute Gasteiger partial charge is 0.316 e. The Balaban J connectivity index is 1.59. The van der Waals surface area contributed by atoms with Gasteiger partial charge in [-0.2, -0.15) is 9.29 Å². The lowest BCUT2D eigenvalue weighted by Crippen LogP contribution is -2.35. The molecule has 156 valence electrons. The van der Waals surface area contributed by atoms with Crippen LogP contribution in [0.25, 0.3) is 11.4 Å². The molecule has 0 aliphatic carbocycles. The van der Waals surface area contributed by atoms with Crippen molar-refractivity contribution >= 4 is 21.7 Å². The van der Waals surface area contributed by atoms with Crippen LogP contribution in [0.4, 0.5) is 5.82 Å². The maximum atomic E-state index is 13.1. The van der Waals surface area contributed by atoms with Crippen LogP contribution in [0, 0.1) is 6.92 Å². The van der Waals surface area contributed by atoms with Gasteiger partial charge in [0.1, 0.15) is 5.82 Å². The Morgan fingerprint density at radius 1 is 1.13 bits per heavy atom. The van der Waals surface area contributed by atoms with E-state index in [0.717, 1.165) is 19.3 Å². The van der Waals surface area contributed by atoms with Crippen LogP contribution in [0.5, 0.6) is 0 Å². The second-order valence-corrected chi connectivity index (χ2v) is 8.94. The predicted octanol–water partition coefficient (Wildman–Crippen LogP) is 2.87. The molecule has 1 saturated heterocycles. The molecule has 9 nitrogen and oxygen atoms in total. The normalized spacial score (nSPS) is 15.1. The molecule has 4 rings (SSSR count). The van der Waals surface area contributed by atoms with Crippen molar-refractivity contribution < 1.29 is 17.7 Å². The molecular weight excluding hydrogens is 406 g/mol. The monoisotopic (exact) mass is 427 g/mol. The van der Waals surface area contributed by atoms with E-state index < -0.39 is 15.9 Å². The van der Waals surface area contributed by atoms with Gasteiger partial charge in [0.05, 0.1) is 4.90 Å². The minimum Gasteiger partial charge on any atom is -0.328 e. The first-order valence-corrected chi connectivity index (χ1v) is 11.1. The highest BCUT2D eigenvalue weighted by Crippen LogP contribution is 2.27. The fraction of sp³-hybridized carbons (Fsp3) is 0.300. The van der Waals surface area contributed by atoms with Gasteiger partial charge < -0.3 is 9.84 Å². The molecule has 1 aliphatic rings. The second-order valence-electron chi connectivity index (χ2n) is 7.04.